The SMILES string of the molecule is CCCc1ccc(C(CC(C)(C)F)N(C)S(=O)(=O)NC)cc1. The van der Waals surface area contributed by atoms with Crippen LogP contribution in [0.2, 0.25) is 0 Å². The van der Waals surface area contributed by atoms with E-state index in [0.717, 1.165) is 18.4 Å². The average Bonchev–Trinajstić information content (AvgIpc) is 2.44. The zero-order chi connectivity index (χ0) is 17.0. The molecule has 0 radical (unpaired) electrons. The molecular formula is C16H27FN2O2S. The highest BCUT2D eigenvalue weighted by atomic mass is 32.2. The number of hydrogen-bond donors (Lipinski definition) is 1. The normalized spacial score (nSPS) is 14.3. The summed E-state index contributed by atoms with van der Waals surface area (Å²) in [6, 6.07) is 7.20. The molecule has 1 rings (SSSR count). The number of hydrogen-bond acceptors (Lipinski definition) is 2. The Balaban J connectivity index is 3.15. The summed E-state index contributed by atoms with van der Waals surface area (Å²) in [4.78, 5) is 0. The van der Waals surface area contributed by atoms with Gasteiger partial charge in [-0.05, 0) is 31.4 Å². The average molecular weight is 330 g/mol. The highest BCUT2D eigenvalue weighted by molar-refractivity contribution is 7.87. The summed E-state index contributed by atoms with van der Waals surface area (Å²) in [5, 5.41) is 0. The number of alkyl halides is 1. The van der Waals surface area contributed by atoms with Crippen molar-refractivity contribution in [2.75, 3.05) is 14.1 Å². The molecular weight excluding hydrogens is 303 g/mol. The molecule has 0 aromatic heterocycles. The molecule has 1 N–H and O–H groups in total. The number of nitrogens with zero attached hydrogens (tertiary/aromatic N) is 1. The van der Waals surface area contributed by atoms with Gasteiger partial charge >= 0.3 is 0 Å². The van der Waals surface area contributed by atoms with Crippen LogP contribution in [0.3, 0.4) is 0 Å². The summed E-state index contributed by atoms with van der Waals surface area (Å²) in [6.45, 7) is 5.03. The Morgan fingerprint density at radius 3 is 2.23 bits per heavy atom. The van der Waals surface area contributed by atoms with Gasteiger partial charge in [0, 0.05) is 20.5 Å². The Hall–Kier alpha value is -0.980. The Labute approximate surface area is 133 Å². The molecule has 126 valence electrons. The van der Waals surface area contributed by atoms with E-state index in [1.165, 1.54) is 37.8 Å². The van der Waals surface area contributed by atoms with E-state index in [1.807, 2.05) is 24.3 Å². The molecule has 22 heavy (non-hydrogen) atoms. The fourth-order valence-corrected chi connectivity index (χ4v) is 3.24. The van der Waals surface area contributed by atoms with Crippen molar-refractivity contribution in [3.05, 3.63) is 35.4 Å². The molecule has 0 heterocycles. The van der Waals surface area contributed by atoms with Gasteiger partial charge in [-0.1, -0.05) is 37.6 Å². The fourth-order valence-electron chi connectivity index (χ4n) is 2.42. The first-order valence-electron chi connectivity index (χ1n) is 7.55. The number of nitrogens with one attached hydrogen (secondary N) is 1. The number of aryl methyl sites for hydroxylation is 1. The van der Waals surface area contributed by atoms with E-state index < -0.39 is 21.9 Å². The minimum atomic E-state index is -3.62. The largest absolute Gasteiger partial charge is 0.279 e. The van der Waals surface area contributed by atoms with Gasteiger partial charge in [-0.25, -0.2) is 9.11 Å². The van der Waals surface area contributed by atoms with Gasteiger partial charge in [-0.3, -0.25) is 0 Å². The predicted molar refractivity (Wildman–Crippen MR) is 88.7 cm³/mol. The second-order valence-electron chi connectivity index (χ2n) is 6.16. The molecule has 6 heteroatoms. The third kappa shape index (κ3) is 5.34. The zero-order valence-electron chi connectivity index (χ0n) is 14.1. The molecule has 0 aliphatic carbocycles. The minimum Gasteiger partial charge on any atom is -0.244 e. The van der Waals surface area contributed by atoms with Gasteiger partial charge in [0.1, 0.15) is 5.67 Å². The summed E-state index contributed by atoms with van der Waals surface area (Å²) in [5.74, 6) is 0. The molecule has 0 saturated carbocycles. The van der Waals surface area contributed by atoms with Gasteiger partial charge in [-0.2, -0.15) is 12.7 Å². The highest BCUT2D eigenvalue weighted by Gasteiger charge is 2.32. The first kappa shape index (κ1) is 19.1. The van der Waals surface area contributed by atoms with Crippen LogP contribution in [0.5, 0.6) is 0 Å². The molecule has 4 nitrogen and oxygen atoms in total. The van der Waals surface area contributed by atoms with Gasteiger partial charge < -0.3 is 0 Å². The maximum absolute atomic E-state index is 14.1. The molecule has 1 atom stereocenters. The van der Waals surface area contributed by atoms with E-state index in [4.69, 9.17) is 0 Å². The molecule has 0 amide bonds. The molecule has 0 spiro atoms. The number of halogens is 1. The van der Waals surface area contributed by atoms with Gasteiger partial charge in [0.25, 0.3) is 10.2 Å². The smallest absolute Gasteiger partial charge is 0.244 e. The Bertz CT molecular complexity index is 565. The summed E-state index contributed by atoms with van der Waals surface area (Å²) in [5.41, 5.74) is 0.528. The molecule has 1 unspecified atom stereocenters. The first-order valence-corrected chi connectivity index (χ1v) is 8.99. The topological polar surface area (TPSA) is 49.4 Å². The fraction of sp³-hybridized carbons (Fsp3) is 0.625. The van der Waals surface area contributed by atoms with E-state index in [9.17, 15) is 12.8 Å². The van der Waals surface area contributed by atoms with Crippen LogP contribution in [0.4, 0.5) is 4.39 Å². The van der Waals surface area contributed by atoms with Crippen LogP contribution in [0, 0.1) is 0 Å². The lowest BCUT2D eigenvalue weighted by Gasteiger charge is -2.31. The molecule has 0 aliphatic rings. The van der Waals surface area contributed by atoms with Crippen molar-refractivity contribution in [3.8, 4) is 0 Å². The molecule has 0 saturated heterocycles. The molecule has 0 aliphatic heterocycles. The maximum Gasteiger partial charge on any atom is 0.279 e. The van der Waals surface area contributed by atoms with Gasteiger partial charge in [0.2, 0.25) is 0 Å². The summed E-state index contributed by atoms with van der Waals surface area (Å²) >= 11 is 0. The first-order chi connectivity index (χ1) is 10.1. The van der Waals surface area contributed by atoms with Crippen molar-refractivity contribution >= 4 is 10.2 Å². The lowest BCUT2D eigenvalue weighted by atomic mass is 9.94. The lowest BCUT2D eigenvalue weighted by Crippen LogP contribution is -2.40. The predicted octanol–water partition coefficient (Wildman–Crippen LogP) is 3.21. The monoisotopic (exact) mass is 330 g/mol. The van der Waals surface area contributed by atoms with Crippen molar-refractivity contribution in [3.63, 3.8) is 0 Å². The van der Waals surface area contributed by atoms with Crippen LogP contribution in [0.25, 0.3) is 0 Å². The van der Waals surface area contributed by atoms with Crippen molar-refractivity contribution < 1.29 is 12.8 Å². The van der Waals surface area contributed by atoms with Crippen LogP contribution >= 0.6 is 0 Å². The van der Waals surface area contributed by atoms with Gasteiger partial charge in [0.05, 0.1) is 6.04 Å². The summed E-state index contributed by atoms with van der Waals surface area (Å²) < 4.78 is 41.7. The van der Waals surface area contributed by atoms with Crippen LogP contribution in [0.15, 0.2) is 24.3 Å². The van der Waals surface area contributed by atoms with Crippen LogP contribution in [-0.4, -0.2) is 32.5 Å². The van der Waals surface area contributed by atoms with E-state index in [1.54, 1.807) is 0 Å². The molecule has 0 fully saturated rings. The Kier molecular flexibility index (Phi) is 6.52. The summed E-state index contributed by atoms with van der Waals surface area (Å²) in [6.07, 6.45) is 2.12. The van der Waals surface area contributed by atoms with Crippen molar-refractivity contribution in [1.82, 2.24) is 9.03 Å². The second kappa shape index (κ2) is 7.53. The van der Waals surface area contributed by atoms with Crippen LogP contribution in [0.1, 0.15) is 50.8 Å². The standard InChI is InChI=1S/C16H27FN2O2S/c1-6-7-13-8-10-14(11-9-13)15(12-16(2,3)17)19(5)22(20,21)18-4/h8-11,15,18H,6-7,12H2,1-5H3. The van der Waals surface area contributed by atoms with E-state index in [0.29, 0.717) is 0 Å². The zero-order valence-corrected chi connectivity index (χ0v) is 14.9. The maximum atomic E-state index is 14.1. The third-order valence-corrected chi connectivity index (χ3v) is 5.19. The lowest BCUT2D eigenvalue weighted by molar-refractivity contribution is 0.158. The molecule has 1 aromatic carbocycles. The van der Waals surface area contributed by atoms with E-state index in [-0.39, 0.29) is 6.42 Å². The quantitative estimate of drug-likeness (QED) is 0.795. The van der Waals surface area contributed by atoms with Gasteiger partial charge in [-0.15, -0.1) is 0 Å². The van der Waals surface area contributed by atoms with Gasteiger partial charge in [0.15, 0.2) is 0 Å². The minimum absolute atomic E-state index is 0.0948. The second-order valence-corrected chi connectivity index (χ2v) is 8.09. The van der Waals surface area contributed by atoms with E-state index in [2.05, 4.69) is 11.6 Å². The highest BCUT2D eigenvalue weighted by Crippen LogP contribution is 2.32. The molecule has 1 aromatic rings. The van der Waals surface area contributed by atoms with E-state index >= 15 is 0 Å². The van der Waals surface area contributed by atoms with Crippen molar-refractivity contribution in [2.24, 2.45) is 0 Å². The molecule has 0 bridgehead atoms. The van der Waals surface area contributed by atoms with Crippen molar-refractivity contribution in [1.29, 1.82) is 0 Å². The van der Waals surface area contributed by atoms with Crippen LogP contribution < -0.4 is 4.72 Å². The summed E-state index contributed by atoms with van der Waals surface area (Å²) in [7, 11) is -0.792. The Morgan fingerprint density at radius 1 is 1.27 bits per heavy atom. The number of benzene rings is 1. The number of rotatable bonds is 8. The van der Waals surface area contributed by atoms with Crippen LogP contribution in [-0.2, 0) is 16.6 Å². The van der Waals surface area contributed by atoms with Crippen molar-refractivity contribution in [2.45, 2.75) is 51.7 Å². The third-order valence-electron chi connectivity index (χ3n) is 3.66. The Morgan fingerprint density at radius 2 is 1.82 bits per heavy atom.